The van der Waals surface area contributed by atoms with Crippen LogP contribution < -0.4 is 27.0 Å². The Morgan fingerprint density at radius 2 is 1.81 bits per heavy atom. The van der Waals surface area contributed by atoms with Gasteiger partial charge in [-0.2, -0.15) is 0 Å². The van der Waals surface area contributed by atoms with Gasteiger partial charge >= 0.3 is 5.97 Å². The maximum absolute atomic E-state index is 12.6. The molecule has 2 rings (SSSR count). The first kappa shape index (κ1) is 24.7. The number of amides is 4. The molecule has 1 aromatic rings. The number of aliphatic hydroxyl groups excluding tert-OH is 1. The molecule has 4 unspecified atom stereocenters. The van der Waals surface area contributed by atoms with E-state index in [1.165, 1.54) is 12.5 Å². The summed E-state index contributed by atoms with van der Waals surface area (Å²) in [4.78, 5) is 66.7. The number of primary amides is 1. The molecule has 9 N–H and O–H groups in total. The van der Waals surface area contributed by atoms with Crippen molar-refractivity contribution in [2.75, 3.05) is 13.2 Å². The average Bonchev–Trinajstić information content (AvgIpc) is 3.44. The molecule has 1 aliphatic rings. The number of imidazole rings is 1. The lowest BCUT2D eigenvalue weighted by Crippen LogP contribution is -2.58. The number of aliphatic carboxylic acids is 1. The number of nitrogens with zero attached hydrogens (tertiary/aromatic N) is 1. The number of aliphatic hydroxyl groups is 1. The number of carboxylic acids is 1. The van der Waals surface area contributed by atoms with Crippen molar-refractivity contribution in [3.05, 3.63) is 18.2 Å². The van der Waals surface area contributed by atoms with Crippen molar-refractivity contribution in [1.82, 2.24) is 31.2 Å². The zero-order chi connectivity index (χ0) is 23.7. The van der Waals surface area contributed by atoms with Crippen molar-refractivity contribution in [3.8, 4) is 0 Å². The van der Waals surface area contributed by atoms with Gasteiger partial charge in [0, 0.05) is 18.3 Å². The molecule has 14 nitrogen and oxygen atoms in total. The van der Waals surface area contributed by atoms with Gasteiger partial charge in [0.15, 0.2) is 0 Å². The van der Waals surface area contributed by atoms with Crippen molar-refractivity contribution in [3.63, 3.8) is 0 Å². The van der Waals surface area contributed by atoms with E-state index >= 15 is 0 Å². The Labute approximate surface area is 182 Å². The molecule has 1 aromatic heterocycles. The van der Waals surface area contributed by atoms with Crippen LogP contribution in [-0.4, -0.2) is 87.1 Å². The predicted molar refractivity (Wildman–Crippen MR) is 108 cm³/mol. The quantitative estimate of drug-likeness (QED) is 0.154. The molecular formula is C18H27N7O7. The lowest BCUT2D eigenvalue weighted by atomic mass is 10.1. The summed E-state index contributed by atoms with van der Waals surface area (Å²) in [6.07, 6.45) is 3.44. The monoisotopic (exact) mass is 453 g/mol. The smallest absolute Gasteiger partial charge is 0.326 e. The van der Waals surface area contributed by atoms with Gasteiger partial charge in [-0.3, -0.25) is 19.2 Å². The van der Waals surface area contributed by atoms with Crippen molar-refractivity contribution >= 4 is 29.6 Å². The molecule has 1 aliphatic heterocycles. The van der Waals surface area contributed by atoms with Crippen LogP contribution in [0.3, 0.4) is 0 Å². The fraction of sp³-hybridized carbons (Fsp3) is 0.556. The fourth-order valence-electron chi connectivity index (χ4n) is 3.15. The molecular weight excluding hydrogens is 426 g/mol. The highest BCUT2D eigenvalue weighted by molar-refractivity contribution is 5.96. The molecule has 4 amide bonds. The highest BCUT2D eigenvalue weighted by atomic mass is 16.4. The van der Waals surface area contributed by atoms with Crippen LogP contribution in [0.25, 0.3) is 0 Å². The summed E-state index contributed by atoms with van der Waals surface area (Å²) in [5.74, 6) is -4.59. The van der Waals surface area contributed by atoms with Crippen LogP contribution in [0, 0.1) is 0 Å². The summed E-state index contributed by atoms with van der Waals surface area (Å²) in [6.45, 7) is -0.212. The summed E-state index contributed by atoms with van der Waals surface area (Å²) < 4.78 is 0. The van der Waals surface area contributed by atoms with Gasteiger partial charge in [0.1, 0.15) is 18.1 Å². The largest absolute Gasteiger partial charge is 0.480 e. The van der Waals surface area contributed by atoms with Crippen LogP contribution in [0.15, 0.2) is 12.5 Å². The van der Waals surface area contributed by atoms with Crippen LogP contribution in [0.5, 0.6) is 0 Å². The number of H-pyrrole nitrogens is 1. The molecule has 14 heteroatoms. The Balaban J connectivity index is 2.01. The van der Waals surface area contributed by atoms with E-state index in [0.717, 1.165) is 6.42 Å². The zero-order valence-electron chi connectivity index (χ0n) is 17.2. The highest BCUT2D eigenvalue weighted by Crippen LogP contribution is 2.06. The third kappa shape index (κ3) is 7.31. The van der Waals surface area contributed by atoms with Crippen LogP contribution in [-0.2, 0) is 30.4 Å². The first-order valence-electron chi connectivity index (χ1n) is 9.95. The molecule has 32 heavy (non-hydrogen) atoms. The second kappa shape index (κ2) is 11.8. The van der Waals surface area contributed by atoms with Crippen molar-refractivity contribution in [1.29, 1.82) is 0 Å². The summed E-state index contributed by atoms with van der Waals surface area (Å²) in [5, 5.41) is 28.7. The lowest BCUT2D eigenvalue weighted by molar-refractivity contribution is -0.142. The third-order valence-electron chi connectivity index (χ3n) is 4.82. The topological polar surface area (TPSA) is 229 Å². The third-order valence-corrected chi connectivity index (χ3v) is 4.82. The van der Waals surface area contributed by atoms with Crippen molar-refractivity contribution < 1.29 is 34.2 Å². The molecule has 1 saturated heterocycles. The van der Waals surface area contributed by atoms with Crippen LogP contribution in [0.1, 0.15) is 25.0 Å². The first-order chi connectivity index (χ1) is 15.2. The minimum absolute atomic E-state index is 0.109. The van der Waals surface area contributed by atoms with E-state index < -0.39 is 66.8 Å². The first-order valence-corrected chi connectivity index (χ1v) is 9.95. The number of hydrogen-bond donors (Lipinski definition) is 8. The Bertz CT molecular complexity index is 824. The van der Waals surface area contributed by atoms with E-state index in [9.17, 15) is 34.2 Å². The van der Waals surface area contributed by atoms with Crippen LogP contribution in [0.4, 0.5) is 0 Å². The van der Waals surface area contributed by atoms with E-state index in [1.807, 2.05) is 0 Å². The Morgan fingerprint density at radius 1 is 1.12 bits per heavy atom. The molecule has 0 spiro atoms. The molecule has 1 fully saturated rings. The zero-order valence-corrected chi connectivity index (χ0v) is 17.2. The lowest BCUT2D eigenvalue weighted by Gasteiger charge is -2.23. The molecule has 0 aliphatic carbocycles. The highest BCUT2D eigenvalue weighted by Gasteiger charge is 2.32. The number of carboxylic acid groups (broad SMARTS) is 1. The van der Waals surface area contributed by atoms with Gasteiger partial charge in [-0.05, 0) is 19.4 Å². The van der Waals surface area contributed by atoms with Crippen molar-refractivity contribution in [2.45, 2.75) is 49.9 Å². The molecule has 0 radical (unpaired) electrons. The van der Waals surface area contributed by atoms with Gasteiger partial charge in [0.2, 0.25) is 23.6 Å². The minimum Gasteiger partial charge on any atom is -0.480 e. The van der Waals surface area contributed by atoms with Gasteiger partial charge in [-0.25, -0.2) is 9.78 Å². The summed E-state index contributed by atoms with van der Waals surface area (Å²) >= 11 is 0. The molecule has 2 heterocycles. The summed E-state index contributed by atoms with van der Waals surface area (Å²) in [6, 6.07) is -4.77. The molecule has 176 valence electrons. The molecule has 0 bridgehead atoms. The Morgan fingerprint density at radius 3 is 2.34 bits per heavy atom. The fourth-order valence-corrected chi connectivity index (χ4v) is 3.15. The number of nitrogens with one attached hydrogen (secondary N) is 5. The normalized spacial score (nSPS) is 18.2. The number of carbonyl (C=O) groups is 5. The average molecular weight is 453 g/mol. The van der Waals surface area contributed by atoms with E-state index in [4.69, 9.17) is 5.73 Å². The maximum atomic E-state index is 12.6. The Hall–Kier alpha value is -3.52. The van der Waals surface area contributed by atoms with Gasteiger partial charge in [-0.15, -0.1) is 0 Å². The van der Waals surface area contributed by atoms with E-state index in [0.29, 0.717) is 18.7 Å². The number of carbonyl (C=O) groups excluding carboxylic acids is 4. The Kier molecular flexibility index (Phi) is 9.09. The van der Waals surface area contributed by atoms with E-state index in [-0.39, 0.29) is 6.42 Å². The maximum Gasteiger partial charge on any atom is 0.326 e. The number of nitrogens with two attached hydrogens (primary N) is 1. The van der Waals surface area contributed by atoms with Crippen molar-refractivity contribution in [2.24, 2.45) is 5.73 Å². The van der Waals surface area contributed by atoms with Gasteiger partial charge in [-0.1, -0.05) is 0 Å². The molecule has 0 aromatic carbocycles. The number of aromatic nitrogens is 2. The SMILES string of the molecule is NC(=O)CC(NC(=O)C1CCCN1)C(=O)NC(CO)C(=O)NC(Cc1cnc[nH]1)C(=O)O. The summed E-state index contributed by atoms with van der Waals surface area (Å²) in [5.41, 5.74) is 5.61. The standard InChI is InChI=1S/C18H27N7O7/c19-14(27)5-11(23-15(28)10-2-1-3-21-10)16(29)25-13(7-26)17(30)24-12(18(31)32)4-9-6-20-8-22-9/h6,8,10-13,21,26H,1-5,7H2,(H2,19,27)(H,20,22)(H,23,28)(H,24,30)(H,25,29)(H,31,32). The second-order valence-electron chi connectivity index (χ2n) is 7.30. The van der Waals surface area contributed by atoms with Crippen LogP contribution >= 0.6 is 0 Å². The van der Waals surface area contributed by atoms with Gasteiger partial charge in [0.05, 0.1) is 25.4 Å². The van der Waals surface area contributed by atoms with Crippen LogP contribution in [0.2, 0.25) is 0 Å². The van der Waals surface area contributed by atoms with Gasteiger partial charge in [0.25, 0.3) is 0 Å². The molecule has 4 atom stereocenters. The van der Waals surface area contributed by atoms with E-state index in [1.54, 1.807) is 0 Å². The number of aromatic amines is 1. The number of rotatable bonds is 12. The summed E-state index contributed by atoms with van der Waals surface area (Å²) in [7, 11) is 0. The molecule has 0 saturated carbocycles. The second-order valence-corrected chi connectivity index (χ2v) is 7.30. The van der Waals surface area contributed by atoms with Gasteiger partial charge < -0.3 is 42.2 Å². The minimum atomic E-state index is -1.52. The number of hydrogen-bond acceptors (Lipinski definition) is 8. The predicted octanol–water partition coefficient (Wildman–Crippen LogP) is -3.89. The van der Waals surface area contributed by atoms with E-state index in [2.05, 4.69) is 31.2 Å².